The van der Waals surface area contributed by atoms with Gasteiger partial charge < -0.3 is 10.3 Å². The fraction of sp³-hybridized carbons (Fsp3) is 0.357. The van der Waals surface area contributed by atoms with Crippen LogP contribution >= 0.6 is 0 Å². The van der Waals surface area contributed by atoms with Gasteiger partial charge >= 0.3 is 0 Å². The highest BCUT2D eigenvalue weighted by Crippen LogP contribution is 2.20. The maximum Gasteiger partial charge on any atom is 0.216 e. The molecule has 0 atom stereocenters. The Balaban J connectivity index is 2.03. The molecule has 2 aromatic rings. The monoisotopic (exact) mass is 230 g/mol. The predicted molar refractivity (Wildman–Crippen MR) is 70.0 cm³/mol. The van der Waals surface area contributed by atoms with E-state index in [1.54, 1.807) is 6.92 Å². The van der Waals surface area contributed by atoms with E-state index in [-0.39, 0.29) is 5.91 Å². The van der Waals surface area contributed by atoms with Crippen LogP contribution in [0.4, 0.5) is 0 Å². The molecule has 0 spiro atoms. The van der Waals surface area contributed by atoms with E-state index in [9.17, 15) is 4.79 Å². The number of aryl methyl sites for hydroxylation is 2. The van der Waals surface area contributed by atoms with Crippen LogP contribution in [0, 0.1) is 6.92 Å². The summed E-state index contributed by atoms with van der Waals surface area (Å²) in [5.41, 5.74) is 3.79. The second kappa shape index (κ2) is 5.04. The second-order valence-corrected chi connectivity index (χ2v) is 4.45. The van der Waals surface area contributed by atoms with Gasteiger partial charge in [-0.1, -0.05) is 11.6 Å². The van der Waals surface area contributed by atoms with E-state index in [1.807, 2.05) is 0 Å². The first-order valence-corrected chi connectivity index (χ1v) is 5.98. The summed E-state index contributed by atoms with van der Waals surface area (Å²) in [6.07, 6.45) is 4.03. The van der Waals surface area contributed by atoms with Gasteiger partial charge in [-0.05, 0) is 37.5 Å². The van der Waals surface area contributed by atoms with Crippen LogP contribution in [0.3, 0.4) is 0 Å². The van der Waals surface area contributed by atoms with Gasteiger partial charge in [-0.15, -0.1) is 0 Å². The van der Waals surface area contributed by atoms with Crippen molar-refractivity contribution < 1.29 is 4.79 Å². The Morgan fingerprint density at radius 1 is 1.41 bits per heavy atom. The topological polar surface area (TPSA) is 44.9 Å². The Labute approximate surface area is 101 Å². The number of nitrogens with one attached hydrogen (secondary N) is 2. The Morgan fingerprint density at radius 3 is 3.00 bits per heavy atom. The number of hydrogen-bond acceptors (Lipinski definition) is 1. The number of aromatic amines is 1. The number of aromatic nitrogens is 1. The highest BCUT2D eigenvalue weighted by atomic mass is 16.1. The van der Waals surface area contributed by atoms with Crippen LogP contribution in [-0.2, 0) is 11.2 Å². The predicted octanol–water partition coefficient (Wildman–Crippen LogP) is 2.55. The molecule has 2 N–H and O–H groups in total. The molecule has 0 saturated carbocycles. The number of carbonyl (C=O) groups excluding carboxylic acids is 1. The lowest BCUT2D eigenvalue weighted by atomic mass is 10.1. The zero-order chi connectivity index (χ0) is 12.3. The fourth-order valence-electron chi connectivity index (χ4n) is 2.04. The van der Waals surface area contributed by atoms with Gasteiger partial charge in [0.2, 0.25) is 5.91 Å². The largest absolute Gasteiger partial charge is 0.361 e. The quantitative estimate of drug-likeness (QED) is 0.779. The molecule has 0 aliphatic rings. The first kappa shape index (κ1) is 11.7. The molecular weight excluding hydrogens is 212 g/mol. The molecule has 1 aromatic carbocycles. The van der Waals surface area contributed by atoms with Crippen molar-refractivity contribution in [1.82, 2.24) is 10.3 Å². The van der Waals surface area contributed by atoms with Gasteiger partial charge in [0.15, 0.2) is 0 Å². The number of benzene rings is 1. The number of H-pyrrole nitrogens is 1. The van der Waals surface area contributed by atoms with E-state index in [0.717, 1.165) is 19.4 Å². The SMILES string of the molecule is CC(=O)NCCCc1c[nH]c2ccc(C)cc12. The highest BCUT2D eigenvalue weighted by molar-refractivity contribution is 5.83. The van der Waals surface area contributed by atoms with Crippen LogP contribution in [0.15, 0.2) is 24.4 Å². The van der Waals surface area contributed by atoms with Crippen molar-refractivity contribution in [3.8, 4) is 0 Å². The van der Waals surface area contributed by atoms with Crippen molar-refractivity contribution >= 4 is 16.8 Å². The Bertz CT molecular complexity index is 528. The number of rotatable bonds is 4. The average molecular weight is 230 g/mol. The Hall–Kier alpha value is -1.77. The zero-order valence-corrected chi connectivity index (χ0v) is 10.3. The molecule has 2 rings (SSSR count). The Kier molecular flexibility index (Phi) is 3.47. The smallest absolute Gasteiger partial charge is 0.216 e. The van der Waals surface area contributed by atoms with Crippen LogP contribution in [0.2, 0.25) is 0 Å². The molecule has 3 heteroatoms. The van der Waals surface area contributed by atoms with E-state index < -0.39 is 0 Å². The molecule has 0 fully saturated rings. The normalized spacial score (nSPS) is 10.7. The molecule has 0 unspecified atom stereocenters. The lowest BCUT2D eigenvalue weighted by Crippen LogP contribution is -2.21. The first-order valence-electron chi connectivity index (χ1n) is 5.98. The molecule has 3 nitrogen and oxygen atoms in total. The van der Waals surface area contributed by atoms with Crippen molar-refractivity contribution in [2.24, 2.45) is 0 Å². The summed E-state index contributed by atoms with van der Waals surface area (Å²) < 4.78 is 0. The van der Waals surface area contributed by atoms with Gasteiger partial charge in [-0.3, -0.25) is 4.79 Å². The van der Waals surface area contributed by atoms with Crippen molar-refractivity contribution in [3.63, 3.8) is 0 Å². The third kappa shape index (κ3) is 2.87. The number of carbonyl (C=O) groups is 1. The van der Waals surface area contributed by atoms with Crippen molar-refractivity contribution in [1.29, 1.82) is 0 Å². The van der Waals surface area contributed by atoms with Gasteiger partial charge in [0.25, 0.3) is 0 Å². The van der Waals surface area contributed by atoms with Gasteiger partial charge in [0.05, 0.1) is 0 Å². The molecule has 0 aliphatic heterocycles. The van der Waals surface area contributed by atoms with Crippen molar-refractivity contribution in [3.05, 3.63) is 35.5 Å². The van der Waals surface area contributed by atoms with E-state index >= 15 is 0 Å². The minimum Gasteiger partial charge on any atom is -0.361 e. The summed E-state index contributed by atoms with van der Waals surface area (Å²) >= 11 is 0. The number of amides is 1. The van der Waals surface area contributed by atoms with Crippen LogP contribution in [0.25, 0.3) is 10.9 Å². The summed E-state index contributed by atoms with van der Waals surface area (Å²) in [5, 5.41) is 4.12. The summed E-state index contributed by atoms with van der Waals surface area (Å²) in [5.74, 6) is 0.0415. The van der Waals surface area contributed by atoms with E-state index in [1.165, 1.54) is 22.0 Å². The van der Waals surface area contributed by atoms with Gasteiger partial charge in [0.1, 0.15) is 0 Å². The fourth-order valence-corrected chi connectivity index (χ4v) is 2.04. The molecule has 0 radical (unpaired) electrons. The van der Waals surface area contributed by atoms with Crippen LogP contribution in [-0.4, -0.2) is 17.4 Å². The third-order valence-electron chi connectivity index (χ3n) is 2.92. The molecule has 1 amide bonds. The summed E-state index contributed by atoms with van der Waals surface area (Å²) in [7, 11) is 0. The highest BCUT2D eigenvalue weighted by Gasteiger charge is 2.03. The average Bonchev–Trinajstić information content (AvgIpc) is 2.67. The van der Waals surface area contributed by atoms with Gasteiger partial charge in [0, 0.05) is 30.6 Å². The van der Waals surface area contributed by atoms with Crippen LogP contribution in [0.1, 0.15) is 24.5 Å². The summed E-state index contributed by atoms with van der Waals surface area (Å²) in [6.45, 7) is 4.40. The summed E-state index contributed by atoms with van der Waals surface area (Å²) in [6, 6.07) is 6.43. The molecule has 0 saturated heterocycles. The second-order valence-electron chi connectivity index (χ2n) is 4.45. The van der Waals surface area contributed by atoms with Crippen LogP contribution < -0.4 is 5.32 Å². The lowest BCUT2D eigenvalue weighted by molar-refractivity contribution is -0.118. The van der Waals surface area contributed by atoms with Gasteiger partial charge in [-0.2, -0.15) is 0 Å². The van der Waals surface area contributed by atoms with E-state index in [4.69, 9.17) is 0 Å². The van der Waals surface area contributed by atoms with Crippen molar-refractivity contribution in [2.45, 2.75) is 26.7 Å². The van der Waals surface area contributed by atoms with Crippen molar-refractivity contribution in [2.75, 3.05) is 6.54 Å². The maximum absolute atomic E-state index is 10.7. The minimum absolute atomic E-state index is 0.0415. The number of hydrogen-bond donors (Lipinski definition) is 2. The lowest BCUT2D eigenvalue weighted by Gasteiger charge is -2.02. The first-order chi connectivity index (χ1) is 8.16. The van der Waals surface area contributed by atoms with Gasteiger partial charge in [-0.25, -0.2) is 0 Å². The molecule has 90 valence electrons. The minimum atomic E-state index is 0.0415. The molecule has 17 heavy (non-hydrogen) atoms. The molecular formula is C14H18N2O. The zero-order valence-electron chi connectivity index (χ0n) is 10.3. The maximum atomic E-state index is 10.7. The van der Waals surface area contributed by atoms with E-state index in [0.29, 0.717) is 0 Å². The Morgan fingerprint density at radius 2 is 2.24 bits per heavy atom. The summed E-state index contributed by atoms with van der Waals surface area (Å²) in [4.78, 5) is 14.0. The number of fused-ring (bicyclic) bond motifs is 1. The van der Waals surface area contributed by atoms with Crippen LogP contribution in [0.5, 0.6) is 0 Å². The van der Waals surface area contributed by atoms with E-state index in [2.05, 4.69) is 41.6 Å². The standard InChI is InChI=1S/C14H18N2O/c1-10-5-6-14-13(8-10)12(9-16-14)4-3-7-15-11(2)17/h5-6,8-9,16H,3-4,7H2,1-2H3,(H,15,17). The molecule has 0 bridgehead atoms. The third-order valence-corrected chi connectivity index (χ3v) is 2.92. The molecule has 0 aliphatic carbocycles. The molecule has 1 aromatic heterocycles. The molecule has 1 heterocycles.